The summed E-state index contributed by atoms with van der Waals surface area (Å²) in [6.45, 7) is 22.9. The topological polar surface area (TPSA) is 40.6 Å². The van der Waals surface area contributed by atoms with Crippen LogP contribution in [-0.4, -0.2) is 47.8 Å². The number of carbonyl (C=O) groups excluding carboxylic acids is 2. The molecule has 2 fully saturated rings. The van der Waals surface area contributed by atoms with E-state index >= 15 is 0 Å². The van der Waals surface area contributed by atoms with Gasteiger partial charge in [-0.05, 0) is 43.3 Å². The molecule has 2 aliphatic rings. The fourth-order valence-electron chi connectivity index (χ4n) is 2.62. The second-order valence-electron chi connectivity index (χ2n) is 6.09. The summed E-state index contributed by atoms with van der Waals surface area (Å²) in [4.78, 5) is 25.8. The first-order valence-corrected chi connectivity index (χ1v) is 9.80. The van der Waals surface area contributed by atoms with Crippen molar-refractivity contribution in [3.05, 3.63) is 25.3 Å². The second-order valence-corrected chi connectivity index (χ2v) is 6.09. The molecule has 0 aromatic carbocycles. The van der Waals surface area contributed by atoms with Crippen LogP contribution >= 0.6 is 0 Å². The van der Waals surface area contributed by atoms with E-state index in [1.807, 2.05) is 37.5 Å². The fraction of sp³-hybridized carbons (Fsp3) is 0.714. The Morgan fingerprint density at radius 2 is 1.12 bits per heavy atom. The molecule has 2 amide bonds. The van der Waals surface area contributed by atoms with Crippen LogP contribution < -0.4 is 0 Å². The van der Waals surface area contributed by atoms with Crippen LogP contribution in [0.25, 0.3) is 0 Å². The van der Waals surface area contributed by atoms with E-state index < -0.39 is 0 Å². The van der Waals surface area contributed by atoms with Crippen molar-refractivity contribution in [2.45, 2.75) is 60.8 Å². The SMILES string of the molecule is C=CC(=O)N1CCC(C)C1.C=CC(=O)N1CCC(C)CC1.CC.CC. The van der Waals surface area contributed by atoms with Crippen LogP contribution in [0.1, 0.15) is 60.8 Å². The molecule has 0 spiro atoms. The third kappa shape index (κ3) is 10.8. The monoisotopic (exact) mass is 352 g/mol. The second kappa shape index (κ2) is 15.9. The molecule has 4 nitrogen and oxygen atoms in total. The average molecular weight is 353 g/mol. The minimum atomic E-state index is 0.0735. The summed E-state index contributed by atoms with van der Waals surface area (Å²) in [6, 6.07) is 0. The molecule has 0 aromatic heterocycles. The number of amides is 2. The van der Waals surface area contributed by atoms with E-state index in [-0.39, 0.29) is 11.8 Å². The largest absolute Gasteiger partial charge is 0.339 e. The summed E-state index contributed by atoms with van der Waals surface area (Å²) < 4.78 is 0. The Hall–Kier alpha value is -1.58. The summed E-state index contributed by atoms with van der Waals surface area (Å²) in [5, 5.41) is 0. The lowest BCUT2D eigenvalue weighted by atomic mass is 9.99. The summed E-state index contributed by atoms with van der Waals surface area (Å²) in [5.41, 5.74) is 0. The zero-order valence-electron chi connectivity index (χ0n) is 17.4. The molecule has 4 heteroatoms. The van der Waals surface area contributed by atoms with E-state index in [0.717, 1.165) is 51.4 Å². The van der Waals surface area contributed by atoms with E-state index in [1.165, 1.54) is 12.2 Å². The number of likely N-dealkylation sites (tertiary alicyclic amines) is 2. The van der Waals surface area contributed by atoms with Gasteiger partial charge >= 0.3 is 0 Å². The van der Waals surface area contributed by atoms with Gasteiger partial charge in [0, 0.05) is 26.2 Å². The number of rotatable bonds is 2. The lowest BCUT2D eigenvalue weighted by Gasteiger charge is -2.29. The van der Waals surface area contributed by atoms with Gasteiger partial charge in [0.2, 0.25) is 11.8 Å². The molecule has 2 rings (SSSR count). The first kappa shape index (κ1) is 25.7. The molecule has 0 radical (unpaired) electrons. The number of nitrogens with zero attached hydrogens (tertiary/aromatic N) is 2. The maximum atomic E-state index is 11.1. The molecule has 0 aliphatic carbocycles. The van der Waals surface area contributed by atoms with Gasteiger partial charge in [0.05, 0.1) is 0 Å². The molecule has 0 bridgehead atoms. The summed E-state index contributed by atoms with van der Waals surface area (Å²) in [5.74, 6) is 1.61. The Bertz CT molecular complexity index is 385. The number of carbonyl (C=O) groups is 2. The van der Waals surface area contributed by atoms with Gasteiger partial charge in [-0.15, -0.1) is 0 Å². The Morgan fingerprint density at radius 3 is 1.48 bits per heavy atom. The molecule has 1 unspecified atom stereocenters. The third-order valence-corrected chi connectivity index (χ3v) is 4.18. The van der Waals surface area contributed by atoms with Gasteiger partial charge in [0.25, 0.3) is 0 Å². The summed E-state index contributed by atoms with van der Waals surface area (Å²) >= 11 is 0. The average Bonchev–Trinajstić information content (AvgIpc) is 3.11. The predicted octanol–water partition coefficient (Wildman–Crippen LogP) is 4.52. The van der Waals surface area contributed by atoms with E-state index in [4.69, 9.17) is 0 Å². The van der Waals surface area contributed by atoms with Crippen molar-refractivity contribution in [3.8, 4) is 0 Å². The fourth-order valence-corrected chi connectivity index (χ4v) is 2.62. The van der Waals surface area contributed by atoms with E-state index in [2.05, 4.69) is 27.0 Å². The highest BCUT2D eigenvalue weighted by Crippen LogP contribution is 2.16. The van der Waals surface area contributed by atoms with Crippen LogP contribution in [0.3, 0.4) is 0 Å². The minimum Gasteiger partial charge on any atom is -0.339 e. The van der Waals surface area contributed by atoms with E-state index in [9.17, 15) is 9.59 Å². The van der Waals surface area contributed by atoms with Crippen LogP contribution in [0.4, 0.5) is 0 Å². The molecule has 2 saturated heterocycles. The Labute approximate surface area is 156 Å². The molecule has 2 aliphatic heterocycles. The highest BCUT2D eigenvalue weighted by Gasteiger charge is 2.20. The molecule has 146 valence electrons. The smallest absolute Gasteiger partial charge is 0.245 e. The highest BCUT2D eigenvalue weighted by atomic mass is 16.2. The number of hydrogen-bond donors (Lipinski definition) is 0. The van der Waals surface area contributed by atoms with Gasteiger partial charge in [-0.1, -0.05) is 54.7 Å². The summed E-state index contributed by atoms with van der Waals surface area (Å²) in [7, 11) is 0. The van der Waals surface area contributed by atoms with Gasteiger partial charge in [-0.3, -0.25) is 9.59 Å². The van der Waals surface area contributed by atoms with Gasteiger partial charge in [0.1, 0.15) is 0 Å². The molecular weight excluding hydrogens is 312 g/mol. The van der Waals surface area contributed by atoms with Gasteiger partial charge in [-0.2, -0.15) is 0 Å². The first-order chi connectivity index (χ1) is 12.0. The first-order valence-electron chi connectivity index (χ1n) is 9.80. The van der Waals surface area contributed by atoms with Gasteiger partial charge in [-0.25, -0.2) is 0 Å². The van der Waals surface area contributed by atoms with Crippen molar-refractivity contribution in [2.75, 3.05) is 26.2 Å². The Kier molecular flexibility index (Phi) is 16.3. The number of piperidine rings is 1. The van der Waals surface area contributed by atoms with Crippen molar-refractivity contribution in [1.82, 2.24) is 9.80 Å². The summed E-state index contributed by atoms with van der Waals surface area (Å²) in [6.07, 6.45) is 6.20. The minimum absolute atomic E-state index is 0.0735. The molecule has 0 aromatic rings. The molecule has 0 N–H and O–H groups in total. The highest BCUT2D eigenvalue weighted by molar-refractivity contribution is 5.87. The van der Waals surface area contributed by atoms with Crippen molar-refractivity contribution in [1.29, 1.82) is 0 Å². The van der Waals surface area contributed by atoms with E-state index in [0.29, 0.717) is 5.92 Å². The molecule has 2 heterocycles. The lowest BCUT2D eigenvalue weighted by molar-refractivity contribution is -0.127. The third-order valence-electron chi connectivity index (χ3n) is 4.18. The molecule has 1 atom stereocenters. The van der Waals surface area contributed by atoms with E-state index in [1.54, 1.807) is 0 Å². The van der Waals surface area contributed by atoms with Crippen LogP contribution in [-0.2, 0) is 9.59 Å². The maximum absolute atomic E-state index is 11.1. The predicted molar refractivity (Wildman–Crippen MR) is 108 cm³/mol. The van der Waals surface area contributed by atoms with Crippen LogP contribution in [0.5, 0.6) is 0 Å². The van der Waals surface area contributed by atoms with Crippen molar-refractivity contribution in [2.24, 2.45) is 11.8 Å². The van der Waals surface area contributed by atoms with Crippen LogP contribution in [0, 0.1) is 11.8 Å². The Morgan fingerprint density at radius 1 is 0.760 bits per heavy atom. The zero-order valence-corrected chi connectivity index (χ0v) is 17.4. The molecule has 0 saturated carbocycles. The standard InChI is InChI=1S/C9H15NO.C8H13NO.2C2H6/c1-3-9(11)10-6-4-8(2)5-7-10;1-3-8(10)9-5-4-7(2)6-9;2*1-2/h3,8H,1,4-7H2,2H3;3,7H,1,4-6H2,2H3;2*1-2H3. The zero-order chi connectivity index (χ0) is 19.8. The van der Waals surface area contributed by atoms with Gasteiger partial charge in [0.15, 0.2) is 0 Å². The molecular formula is C21H40N2O2. The van der Waals surface area contributed by atoms with Gasteiger partial charge < -0.3 is 9.80 Å². The van der Waals surface area contributed by atoms with Crippen LogP contribution in [0.2, 0.25) is 0 Å². The Balaban J connectivity index is 0. The molecule has 25 heavy (non-hydrogen) atoms. The van der Waals surface area contributed by atoms with Crippen molar-refractivity contribution < 1.29 is 9.59 Å². The lowest BCUT2D eigenvalue weighted by Crippen LogP contribution is -2.36. The van der Waals surface area contributed by atoms with Crippen LogP contribution in [0.15, 0.2) is 25.3 Å². The maximum Gasteiger partial charge on any atom is 0.245 e. The number of hydrogen-bond acceptors (Lipinski definition) is 2. The normalized spacial score (nSPS) is 19.2. The quantitative estimate of drug-likeness (QED) is 0.685. The van der Waals surface area contributed by atoms with Crippen molar-refractivity contribution >= 4 is 11.8 Å². The van der Waals surface area contributed by atoms with Crippen molar-refractivity contribution in [3.63, 3.8) is 0 Å².